The number of carboxylic acid groups (broad SMARTS) is 1. The minimum absolute atomic E-state index is 0.133. The third-order valence-corrected chi connectivity index (χ3v) is 7.06. The van der Waals surface area contributed by atoms with E-state index < -0.39 is 12.2 Å². The molecule has 1 saturated heterocycles. The third-order valence-electron chi connectivity index (χ3n) is 6.84. The first-order chi connectivity index (χ1) is 17.5. The molecule has 2 aliphatic rings. The minimum Gasteiger partial charge on any atom is -0.479 e. The molecule has 2 N–H and O–H groups in total. The summed E-state index contributed by atoms with van der Waals surface area (Å²) in [6.45, 7) is 1.30. The van der Waals surface area contributed by atoms with Crippen LogP contribution in [0.5, 0.6) is 5.75 Å². The highest BCUT2D eigenvalue weighted by Gasteiger charge is 2.36. The summed E-state index contributed by atoms with van der Waals surface area (Å²) in [5.41, 5.74) is 5.38. The summed E-state index contributed by atoms with van der Waals surface area (Å²) in [5, 5.41) is 10.7. The lowest BCUT2D eigenvalue weighted by Crippen LogP contribution is -2.53. The van der Waals surface area contributed by atoms with Crippen molar-refractivity contribution in [2.45, 2.75) is 12.5 Å². The smallest absolute Gasteiger partial charge is 0.407 e. The molecule has 8 nitrogen and oxygen atoms in total. The molecule has 9 heteroatoms. The van der Waals surface area contributed by atoms with E-state index in [1.54, 1.807) is 11.1 Å². The van der Waals surface area contributed by atoms with E-state index in [1.165, 1.54) is 4.90 Å². The Kier molecular flexibility index (Phi) is 5.53. The van der Waals surface area contributed by atoms with Crippen LogP contribution in [-0.4, -0.2) is 69.2 Å². The standard InChI is InChI=1S/C27H23ClN4O4/c28-18-12-17-13-23(26(33)31-8-10-32(11-9-31)27(34)35)36-24(17)20(14-18)19-6-7-29-25-21(19)15-22(30-25)16-4-2-1-3-5-16/h1-7,12,14-15,23H,8-11,13H2,(H,29,30)(H,34,35). The fourth-order valence-electron chi connectivity index (χ4n) is 5.02. The Balaban J connectivity index is 1.32. The lowest BCUT2D eigenvalue weighted by atomic mass is 9.98. The summed E-state index contributed by atoms with van der Waals surface area (Å²) in [5.74, 6) is 0.517. The van der Waals surface area contributed by atoms with Crippen LogP contribution in [0.25, 0.3) is 33.4 Å². The Morgan fingerprint density at radius 3 is 2.50 bits per heavy atom. The molecule has 4 heterocycles. The minimum atomic E-state index is -0.963. The van der Waals surface area contributed by atoms with Crippen molar-refractivity contribution in [1.29, 1.82) is 0 Å². The van der Waals surface area contributed by atoms with Gasteiger partial charge >= 0.3 is 6.09 Å². The zero-order valence-corrected chi connectivity index (χ0v) is 20.0. The third kappa shape index (κ3) is 3.93. The Labute approximate surface area is 212 Å². The van der Waals surface area contributed by atoms with Crippen LogP contribution in [0.3, 0.4) is 0 Å². The van der Waals surface area contributed by atoms with E-state index in [0.717, 1.165) is 39.0 Å². The number of rotatable bonds is 3. The van der Waals surface area contributed by atoms with Crippen LogP contribution in [0.15, 0.2) is 60.8 Å². The molecule has 2 aromatic carbocycles. The number of carbonyl (C=O) groups excluding carboxylic acids is 1. The Hall–Kier alpha value is -4.04. The van der Waals surface area contributed by atoms with E-state index in [4.69, 9.17) is 16.3 Å². The predicted molar refractivity (Wildman–Crippen MR) is 136 cm³/mol. The Morgan fingerprint density at radius 1 is 1.00 bits per heavy atom. The van der Waals surface area contributed by atoms with Crippen molar-refractivity contribution in [3.63, 3.8) is 0 Å². The number of carbonyl (C=O) groups is 2. The van der Waals surface area contributed by atoms with Gasteiger partial charge in [-0.15, -0.1) is 0 Å². The molecule has 6 rings (SSSR count). The molecule has 0 saturated carbocycles. The number of hydrogen-bond acceptors (Lipinski definition) is 4. The second kappa shape index (κ2) is 8.87. The Bertz CT molecular complexity index is 1480. The van der Waals surface area contributed by atoms with E-state index >= 15 is 0 Å². The van der Waals surface area contributed by atoms with Gasteiger partial charge in [-0.3, -0.25) is 4.79 Å². The van der Waals surface area contributed by atoms with Gasteiger partial charge in [0, 0.05) is 66.0 Å². The normalized spacial score (nSPS) is 17.2. The van der Waals surface area contributed by atoms with Crippen molar-refractivity contribution < 1.29 is 19.4 Å². The van der Waals surface area contributed by atoms with Crippen LogP contribution in [0.2, 0.25) is 5.02 Å². The molecule has 0 radical (unpaired) electrons. The summed E-state index contributed by atoms with van der Waals surface area (Å²) in [4.78, 5) is 35.3. The number of piperazine rings is 1. The predicted octanol–water partition coefficient (Wildman–Crippen LogP) is 4.68. The van der Waals surface area contributed by atoms with E-state index in [-0.39, 0.29) is 5.91 Å². The van der Waals surface area contributed by atoms with Gasteiger partial charge in [-0.1, -0.05) is 41.9 Å². The summed E-state index contributed by atoms with van der Waals surface area (Å²) in [6.07, 6.45) is 0.527. The molecule has 2 aromatic heterocycles. The quantitative estimate of drug-likeness (QED) is 0.424. The number of aromatic nitrogens is 2. The van der Waals surface area contributed by atoms with E-state index in [0.29, 0.717) is 43.4 Å². The average Bonchev–Trinajstić information content (AvgIpc) is 3.53. The average molecular weight is 503 g/mol. The maximum absolute atomic E-state index is 13.2. The van der Waals surface area contributed by atoms with Crippen molar-refractivity contribution in [3.05, 3.63) is 71.4 Å². The van der Waals surface area contributed by atoms with Gasteiger partial charge in [0.2, 0.25) is 0 Å². The number of ether oxygens (including phenoxy) is 1. The largest absolute Gasteiger partial charge is 0.479 e. The summed E-state index contributed by atoms with van der Waals surface area (Å²) >= 11 is 6.52. The fourth-order valence-corrected chi connectivity index (χ4v) is 5.26. The zero-order valence-electron chi connectivity index (χ0n) is 19.3. The number of nitrogens with one attached hydrogen (secondary N) is 1. The van der Waals surface area contributed by atoms with Crippen molar-refractivity contribution >= 4 is 34.6 Å². The highest BCUT2D eigenvalue weighted by Crippen LogP contribution is 2.44. The number of benzene rings is 2. The molecular formula is C27H23ClN4O4. The lowest BCUT2D eigenvalue weighted by Gasteiger charge is -2.34. The maximum Gasteiger partial charge on any atom is 0.407 e. The van der Waals surface area contributed by atoms with Crippen LogP contribution in [0.4, 0.5) is 4.79 Å². The second-order valence-electron chi connectivity index (χ2n) is 9.02. The summed E-state index contributed by atoms with van der Waals surface area (Å²) in [6, 6.07) is 17.8. The van der Waals surface area contributed by atoms with Crippen molar-refractivity contribution in [2.24, 2.45) is 0 Å². The summed E-state index contributed by atoms with van der Waals surface area (Å²) in [7, 11) is 0. The Morgan fingerprint density at radius 2 is 1.75 bits per heavy atom. The van der Waals surface area contributed by atoms with Crippen molar-refractivity contribution in [2.75, 3.05) is 26.2 Å². The summed E-state index contributed by atoms with van der Waals surface area (Å²) < 4.78 is 6.27. The number of pyridine rings is 1. The topological polar surface area (TPSA) is 98.8 Å². The van der Waals surface area contributed by atoms with Crippen LogP contribution >= 0.6 is 11.6 Å². The number of hydrogen-bond donors (Lipinski definition) is 2. The molecule has 1 fully saturated rings. The van der Waals surface area contributed by atoms with Crippen LogP contribution < -0.4 is 4.74 Å². The first-order valence-corrected chi connectivity index (χ1v) is 12.1. The molecule has 0 bridgehead atoms. The first-order valence-electron chi connectivity index (χ1n) is 11.8. The molecular weight excluding hydrogens is 480 g/mol. The molecule has 4 aromatic rings. The maximum atomic E-state index is 13.2. The highest BCUT2D eigenvalue weighted by atomic mass is 35.5. The number of aromatic amines is 1. The fraction of sp³-hybridized carbons (Fsp3) is 0.222. The molecule has 2 amide bonds. The van der Waals surface area contributed by atoms with Gasteiger partial charge in [-0.2, -0.15) is 0 Å². The zero-order chi connectivity index (χ0) is 24.8. The van der Waals surface area contributed by atoms with Crippen molar-refractivity contribution in [1.82, 2.24) is 19.8 Å². The van der Waals surface area contributed by atoms with Crippen LogP contribution in [0.1, 0.15) is 5.56 Å². The van der Waals surface area contributed by atoms with Gasteiger partial charge in [0.25, 0.3) is 5.91 Å². The van der Waals surface area contributed by atoms with Crippen molar-refractivity contribution in [3.8, 4) is 28.1 Å². The van der Waals surface area contributed by atoms with Gasteiger partial charge in [0.15, 0.2) is 6.10 Å². The van der Waals surface area contributed by atoms with Crippen LogP contribution in [0, 0.1) is 0 Å². The van der Waals surface area contributed by atoms with E-state index in [1.807, 2.05) is 48.5 Å². The van der Waals surface area contributed by atoms with Gasteiger partial charge in [0.05, 0.1) is 0 Å². The van der Waals surface area contributed by atoms with Gasteiger partial charge < -0.3 is 24.6 Å². The van der Waals surface area contributed by atoms with E-state index in [9.17, 15) is 14.7 Å². The van der Waals surface area contributed by atoms with Crippen LogP contribution in [-0.2, 0) is 11.2 Å². The molecule has 182 valence electrons. The van der Waals surface area contributed by atoms with Gasteiger partial charge in [-0.05, 0) is 35.4 Å². The number of fused-ring (bicyclic) bond motifs is 2. The van der Waals surface area contributed by atoms with E-state index in [2.05, 4.69) is 16.0 Å². The van der Waals surface area contributed by atoms with Gasteiger partial charge in [0.1, 0.15) is 11.4 Å². The molecule has 36 heavy (non-hydrogen) atoms. The molecule has 2 aliphatic heterocycles. The SMILES string of the molecule is O=C(O)N1CCN(C(=O)C2Cc3cc(Cl)cc(-c4ccnc5[nH]c(-c6ccccc6)cc45)c3O2)CC1. The number of amides is 2. The number of H-pyrrole nitrogens is 1. The molecule has 1 unspecified atom stereocenters. The number of nitrogens with zero attached hydrogens (tertiary/aromatic N) is 3. The second-order valence-corrected chi connectivity index (χ2v) is 9.45. The lowest BCUT2D eigenvalue weighted by molar-refractivity contribution is -0.139. The molecule has 1 atom stereocenters. The van der Waals surface area contributed by atoms with Gasteiger partial charge in [-0.25, -0.2) is 9.78 Å². The highest BCUT2D eigenvalue weighted by molar-refractivity contribution is 6.31. The first kappa shape index (κ1) is 22.4. The molecule has 0 spiro atoms. The molecule has 0 aliphatic carbocycles. The monoisotopic (exact) mass is 502 g/mol. The number of halogens is 1.